The van der Waals surface area contributed by atoms with Gasteiger partial charge in [0.1, 0.15) is 11.6 Å². The van der Waals surface area contributed by atoms with Gasteiger partial charge in [-0.15, -0.1) is 0 Å². The molecule has 0 saturated carbocycles. The molecule has 6 heteroatoms. The van der Waals surface area contributed by atoms with Gasteiger partial charge in [0.05, 0.1) is 19.0 Å². The summed E-state index contributed by atoms with van der Waals surface area (Å²) in [6.07, 6.45) is 1.87. The number of nitrogen functional groups attached to an aromatic ring is 1. The summed E-state index contributed by atoms with van der Waals surface area (Å²) in [4.78, 5) is 8.97. The SMILES string of the molecule is COc1cccc(Cn2cc3c(N)nc(-c4ccccc4)nc3n2)c1. The molecule has 0 aliphatic rings. The van der Waals surface area contributed by atoms with Gasteiger partial charge >= 0.3 is 0 Å². The standard InChI is InChI=1S/C19H17N5O/c1-25-15-9-5-6-13(10-15)11-24-12-16-17(20)21-18(22-19(16)23-24)14-7-3-2-4-8-14/h2-10,12H,11H2,1H3,(H2,20,21,22,23). The highest BCUT2D eigenvalue weighted by molar-refractivity contribution is 5.86. The molecule has 0 fully saturated rings. The molecule has 25 heavy (non-hydrogen) atoms. The van der Waals surface area contributed by atoms with Crippen LogP contribution in [0.25, 0.3) is 22.4 Å². The molecule has 6 nitrogen and oxygen atoms in total. The highest BCUT2D eigenvalue weighted by Crippen LogP contribution is 2.22. The number of rotatable bonds is 4. The van der Waals surface area contributed by atoms with E-state index in [-0.39, 0.29) is 0 Å². The molecule has 0 spiro atoms. The minimum atomic E-state index is 0.431. The predicted molar refractivity (Wildman–Crippen MR) is 97.3 cm³/mol. The van der Waals surface area contributed by atoms with Crippen LogP contribution >= 0.6 is 0 Å². The van der Waals surface area contributed by atoms with E-state index in [1.807, 2.05) is 65.5 Å². The minimum absolute atomic E-state index is 0.431. The summed E-state index contributed by atoms with van der Waals surface area (Å²) in [6, 6.07) is 17.6. The number of ether oxygens (including phenoxy) is 1. The van der Waals surface area contributed by atoms with Crippen molar-refractivity contribution in [3.05, 3.63) is 66.4 Å². The molecule has 0 aliphatic heterocycles. The summed E-state index contributed by atoms with van der Waals surface area (Å²) in [5.74, 6) is 1.83. The fourth-order valence-corrected chi connectivity index (χ4v) is 2.73. The van der Waals surface area contributed by atoms with Crippen LogP contribution in [0.3, 0.4) is 0 Å². The van der Waals surface area contributed by atoms with Crippen LogP contribution in [0.5, 0.6) is 5.75 Å². The van der Waals surface area contributed by atoms with Crippen molar-refractivity contribution in [3.8, 4) is 17.1 Å². The molecule has 0 unspecified atom stereocenters. The van der Waals surface area contributed by atoms with Crippen LogP contribution in [0.1, 0.15) is 5.56 Å². The van der Waals surface area contributed by atoms with E-state index in [2.05, 4.69) is 15.1 Å². The summed E-state index contributed by atoms with van der Waals surface area (Å²) < 4.78 is 7.08. The Morgan fingerprint density at radius 2 is 1.88 bits per heavy atom. The summed E-state index contributed by atoms with van der Waals surface area (Å²) in [5.41, 5.74) is 8.71. The quantitative estimate of drug-likeness (QED) is 0.621. The van der Waals surface area contributed by atoms with Gasteiger partial charge in [-0.2, -0.15) is 5.10 Å². The van der Waals surface area contributed by atoms with Crippen molar-refractivity contribution in [1.29, 1.82) is 0 Å². The fraction of sp³-hybridized carbons (Fsp3) is 0.105. The van der Waals surface area contributed by atoms with Crippen LogP contribution in [0.4, 0.5) is 5.82 Å². The Kier molecular flexibility index (Phi) is 3.78. The van der Waals surface area contributed by atoms with Crippen LogP contribution in [0.15, 0.2) is 60.8 Å². The number of methoxy groups -OCH3 is 1. The normalized spacial score (nSPS) is 10.9. The smallest absolute Gasteiger partial charge is 0.186 e. The molecule has 2 N–H and O–H groups in total. The Labute approximate surface area is 144 Å². The van der Waals surface area contributed by atoms with Crippen molar-refractivity contribution in [1.82, 2.24) is 19.7 Å². The van der Waals surface area contributed by atoms with Crippen LogP contribution in [0.2, 0.25) is 0 Å². The first-order valence-corrected chi connectivity index (χ1v) is 7.92. The molecular weight excluding hydrogens is 314 g/mol. The Bertz CT molecular complexity index is 1030. The summed E-state index contributed by atoms with van der Waals surface area (Å²) in [6.45, 7) is 0.605. The maximum absolute atomic E-state index is 6.12. The van der Waals surface area contributed by atoms with Gasteiger partial charge in [0, 0.05) is 11.8 Å². The van der Waals surface area contributed by atoms with E-state index in [0.717, 1.165) is 22.3 Å². The molecule has 2 aromatic carbocycles. The highest BCUT2D eigenvalue weighted by Gasteiger charge is 2.11. The van der Waals surface area contributed by atoms with E-state index in [4.69, 9.17) is 10.5 Å². The number of hydrogen-bond acceptors (Lipinski definition) is 5. The zero-order valence-corrected chi connectivity index (χ0v) is 13.8. The lowest BCUT2D eigenvalue weighted by Crippen LogP contribution is -2.00. The molecule has 124 valence electrons. The lowest BCUT2D eigenvalue weighted by Gasteiger charge is -2.04. The molecule has 0 saturated heterocycles. The topological polar surface area (TPSA) is 78.9 Å². The number of aromatic nitrogens is 4. The number of nitrogens with two attached hydrogens (primary N) is 1. The van der Waals surface area contributed by atoms with E-state index in [1.54, 1.807) is 7.11 Å². The Hall–Kier alpha value is -3.41. The molecule has 0 atom stereocenters. The molecule has 0 aliphatic carbocycles. The average molecular weight is 331 g/mol. The zero-order valence-electron chi connectivity index (χ0n) is 13.8. The third-order valence-corrected chi connectivity index (χ3v) is 3.97. The van der Waals surface area contributed by atoms with E-state index in [0.29, 0.717) is 23.8 Å². The molecule has 2 heterocycles. The number of benzene rings is 2. The lowest BCUT2D eigenvalue weighted by molar-refractivity contribution is 0.414. The number of hydrogen-bond donors (Lipinski definition) is 1. The number of anilines is 1. The Morgan fingerprint density at radius 3 is 2.68 bits per heavy atom. The van der Waals surface area contributed by atoms with Crippen LogP contribution in [-0.4, -0.2) is 26.9 Å². The second-order valence-electron chi connectivity index (χ2n) is 5.71. The predicted octanol–water partition coefficient (Wildman–Crippen LogP) is 3.13. The second kappa shape index (κ2) is 6.24. The van der Waals surface area contributed by atoms with Crippen molar-refractivity contribution in [3.63, 3.8) is 0 Å². The van der Waals surface area contributed by atoms with Crippen molar-refractivity contribution < 1.29 is 4.74 Å². The second-order valence-corrected chi connectivity index (χ2v) is 5.71. The van der Waals surface area contributed by atoms with Crippen molar-refractivity contribution >= 4 is 16.9 Å². The lowest BCUT2D eigenvalue weighted by atomic mass is 10.2. The Morgan fingerprint density at radius 1 is 1.04 bits per heavy atom. The van der Waals surface area contributed by atoms with E-state index in [9.17, 15) is 0 Å². The fourth-order valence-electron chi connectivity index (χ4n) is 2.73. The number of nitrogens with zero attached hydrogens (tertiary/aromatic N) is 4. The molecular formula is C19H17N5O. The molecule has 4 aromatic rings. The van der Waals surface area contributed by atoms with Gasteiger partial charge in [-0.05, 0) is 17.7 Å². The monoisotopic (exact) mass is 331 g/mol. The summed E-state index contributed by atoms with van der Waals surface area (Å²) in [5, 5.41) is 5.31. The van der Waals surface area contributed by atoms with Gasteiger partial charge in [-0.1, -0.05) is 42.5 Å². The van der Waals surface area contributed by atoms with Crippen molar-refractivity contribution in [2.24, 2.45) is 0 Å². The molecule has 0 amide bonds. The van der Waals surface area contributed by atoms with Gasteiger partial charge < -0.3 is 10.5 Å². The minimum Gasteiger partial charge on any atom is -0.497 e. The molecule has 4 rings (SSSR count). The zero-order chi connectivity index (χ0) is 17.2. The first-order valence-electron chi connectivity index (χ1n) is 7.92. The third-order valence-electron chi connectivity index (χ3n) is 3.97. The van der Waals surface area contributed by atoms with Crippen LogP contribution in [0, 0.1) is 0 Å². The number of fused-ring (bicyclic) bond motifs is 1. The van der Waals surface area contributed by atoms with Gasteiger partial charge in [0.15, 0.2) is 11.5 Å². The van der Waals surface area contributed by atoms with Gasteiger partial charge in [-0.3, -0.25) is 4.68 Å². The van der Waals surface area contributed by atoms with Gasteiger partial charge in [-0.25, -0.2) is 9.97 Å². The summed E-state index contributed by atoms with van der Waals surface area (Å²) in [7, 11) is 1.66. The highest BCUT2D eigenvalue weighted by atomic mass is 16.5. The first kappa shape index (κ1) is 15.1. The van der Waals surface area contributed by atoms with Crippen molar-refractivity contribution in [2.45, 2.75) is 6.54 Å². The Balaban J connectivity index is 1.71. The van der Waals surface area contributed by atoms with Crippen molar-refractivity contribution in [2.75, 3.05) is 12.8 Å². The maximum atomic E-state index is 6.12. The average Bonchev–Trinajstić information content (AvgIpc) is 3.05. The van der Waals surface area contributed by atoms with E-state index in [1.165, 1.54) is 0 Å². The van der Waals surface area contributed by atoms with Gasteiger partial charge in [0.2, 0.25) is 0 Å². The van der Waals surface area contributed by atoms with Crippen LogP contribution in [-0.2, 0) is 6.54 Å². The van der Waals surface area contributed by atoms with Crippen LogP contribution < -0.4 is 10.5 Å². The van der Waals surface area contributed by atoms with Gasteiger partial charge in [0.25, 0.3) is 0 Å². The summed E-state index contributed by atoms with van der Waals surface area (Å²) >= 11 is 0. The third kappa shape index (κ3) is 3.01. The molecule has 0 bridgehead atoms. The first-order chi connectivity index (χ1) is 12.2. The maximum Gasteiger partial charge on any atom is 0.186 e. The van der Waals surface area contributed by atoms with E-state index >= 15 is 0 Å². The molecule has 0 radical (unpaired) electrons. The molecule has 2 aromatic heterocycles. The van der Waals surface area contributed by atoms with E-state index < -0.39 is 0 Å². The largest absolute Gasteiger partial charge is 0.497 e.